The molecule has 2 N–H and O–H groups in total. The molecular formula is C10H21NO4. The maximum atomic E-state index is 10.7. The minimum absolute atomic E-state index is 0.582. The van der Waals surface area contributed by atoms with Crippen LogP contribution in [0, 0.1) is 0 Å². The second-order valence-electron chi connectivity index (χ2n) is 3.82. The number of ether oxygens (including phenoxy) is 2. The van der Waals surface area contributed by atoms with E-state index in [1.807, 2.05) is 0 Å². The largest absolute Gasteiger partial charge is 0.480 e. The van der Waals surface area contributed by atoms with Gasteiger partial charge in [0.05, 0.1) is 13.2 Å². The lowest BCUT2D eigenvalue weighted by Crippen LogP contribution is -2.47. The molecule has 0 saturated carbocycles. The highest BCUT2D eigenvalue weighted by Gasteiger charge is 2.25. The molecule has 0 fully saturated rings. The summed E-state index contributed by atoms with van der Waals surface area (Å²) >= 11 is 0. The predicted octanol–water partition coefficient (Wildman–Crippen LogP) is 0.492. The fraction of sp³-hybridized carbons (Fsp3) is 0.900. The molecule has 0 spiro atoms. The first-order valence-corrected chi connectivity index (χ1v) is 5.06. The van der Waals surface area contributed by atoms with Crippen LogP contribution in [0.2, 0.25) is 0 Å². The molecule has 0 heterocycles. The molecule has 0 aromatic rings. The van der Waals surface area contributed by atoms with E-state index < -0.39 is 11.5 Å². The standard InChI is InChI=1S/C10H21NO4/c1-10(2,9(12)13)11-5-4-6-15-8-7-14-3/h11H,4-8H2,1-3H3,(H,12,13). The van der Waals surface area contributed by atoms with Crippen molar-refractivity contribution in [2.45, 2.75) is 25.8 Å². The molecule has 0 aromatic carbocycles. The molecule has 5 nitrogen and oxygen atoms in total. The minimum Gasteiger partial charge on any atom is -0.480 e. The van der Waals surface area contributed by atoms with Crippen LogP contribution < -0.4 is 5.32 Å². The van der Waals surface area contributed by atoms with Gasteiger partial charge in [0.2, 0.25) is 0 Å². The Morgan fingerprint density at radius 3 is 2.53 bits per heavy atom. The summed E-state index contributed by atoms with van der Waals surface area (Å²) in [5, 5.41) is 11.7. The van der Waals surface area contributed by atoms with Crippen molar-refractivity contribution < 1.29 is 19.4 Å². The van der Waals surface area contributed by atoms with Crippen molar-refractivity contribution in [3.05, 3.63) is 0 Å². The highest BCUT2D eigenvalue weighted by molar-refractivity contribution is 5.77. The molecular weight excluding hydrogens is 198 g/mol. The molecule has 0 bridgehead atoms. The molecule has 0 aliphatic carbocycles. The van der Waals surface area contributed by atoms with E-state index in [1.54, 1.807) is 21.0 Å². The Kier molecular flexibility index (Phi) is 7.29. The Balaban J connectivity index is 3.35. The van der Waals surface area contributed by atoms with E-state index in [0.717, 1.165) is 6.42 Å². The van der Waals surface area contributed by atoms with Gasteiger partial charge < -0.3 is 19.9 Å². The van der Waals surface area contributed by atoms with Crippen molar-refractivity contribution in [1.29, 1.82) is 0 Å². The smallest absolute Gasteiger partial charge is 0.323 e. The molecule has 0 unspecified atom stereocenters. The Morgan fingerprint density at radius 1 is 1.33 bits per heavy atom. The first kappa shape index (κ1) is 14.3. The maximum absolute atomic E-state index is 10.7. The van der Waals surface area contributed by atoms with Crippen molar-refractivity contribution in [3.63, 3.8) is 0 Å². The summed E-state index contributed by atoms with van der Waals surface area (Å²) in [6.07, 6.45) is 0.792. The molecule has 0 saturated heterocycles. The van der Waals surface area contributed by atoms with Crippen LogP contribution in [0.25, 0.3) is 0 Å². The number of hydrogen-bond donors (Lipinski definition) is 2. The average molecular weight is 219 g/mol. The third-order valence-corrected chi connectivity index (χ3v) is 2.00. The summed E-state index contributed by atoms with van der Waals surface area (Å²) in [6, 6.07) is 0. The van der Waals surface area contributed by atoms with E-state index in [9.17, 15) is 4.79 Å². The van der Waals surface area contributed by atoms with Crippen molar-refractivity contribution >= 4 is 5.97 Å². The predicted molar refractivity (Wildman–Crippen MR) is 57.0 cm³/mol. The molecule has 0 aromatic heterocycles. The zero-order valence-corrected chi connectivity index (χ0v) is 9.71. The Bertz CT molecular complexity index is 182. The number of nitrogens with one attached hydrogen (secondary N) is 1. The molecule has 5 heteroatoms. The second-order valence-corrected chi connectivity index (χ2v) is 3.82. The minimum atomic E-state index is -0.869. The van der Waals surface area contributed by atoms with Gasteiger partial charge in [-0.1, -0.05) is 0 Å². The fourth-order valence-electron chi connectivity index (χ4n) is 0.895. The summed E-state index contributed by atoms with van der Waals surface area (Å²) in [5.41, 5.74) is -0.869. The lowest BCUT2D eigenvalue weighted by molar-refractivity contribution is -0.143. The molecule has 0 aliphatic heterocycles. The molecule has 0 aliphatic rings. The average Bonchev–Trinajstić information content (AvgIpc) is 2.16. The monoisotopic (exact) mass is 219 g/mol. The number of aliphatic carboxylic acids is 1. The van der Waals surface area contributed by atoms with Crippen molar-refractivity contribution in [3.8, 4) is 0 Å². The van der Waals surface area contributed by atoms with Gasteiger partial charge in [0.1, 0.15) is 5.54 Å². The van der Waals surface area contributed by atoms with Crippen LogP contribution in [0.5, 0.6) is 0 Å². The Labute approximate surface area is 90.8 Å². The van der Waals surface area contributed by atoms with Gasteiger partial charge in [-0.3, -0.25) is 4.79 Å². The van der Waals surface area contributed by atoms with Crippen LogP contribution in [0.15, 0.2) is 0 Å². The van der Waals surface area contributed by atoms with E-state index in [1.165, 1.54) is 0 Å². The highest BCUT2D eigenvalue weighted by atomic mass is 16.5. The Morgan fingerprint density at radius 2 is 2.00 bits per heavy atom. The lowest BCUT2D eigenvalue weighted by atomic mass is 10.1. The SMILES string of the molecule is COCCOCCCNC(C)(C)C(=O)O. The zero-order valence-electron chi connectivity index (χ0n) is 9.71. The topological polar surface area (TPSA) is 67.8 Å². The summed E-state index contributed by atoms with van der Waals surface area (Å²) in [7, 11) is 1.63. The number of methoxy groups -OCH3 is 1. The molecule has 0 radical (unpaired) electrons. The van der Waals surface area contributed by atoms with Crippen LogP contribution in [0.1, 0.15) is 20.3 Å². The van der Waals surface area contributed by atoms with Gasteiger partial charge in [0, 0.05) is 13.7 Å². The van der Waals surface area contributed by atoms with E-state index in [-0.39, 0.29) is 0 Å². The van der Waals surface area contributed by atoms with Crippen molar-refractivity contribution in [1.82, 2.24) is 5.32 Å². The van der Waals surface area contributed by atoms with Crippen LogP contribution in [-0.2, 0) is 14.3 Å². The van der Waals surface area contributed by atoms with E-state index in [2.05, 4.69) is 5.32 Å². The van der Waals surface area contributed by atoms with Gasteiger partial charge in [-0.25, -0.2) is 0 Å². The number of rotatable bonds is 9. The number of carbonyl (C=O) groups is 1. The van der Waals surface area contributed by atoms with Gasteiger partial charge in [-0.15, -0.1) is 0 Å². The van der Waals surface area contributed by atoms with Crippen LogP contribution in [0.4, 0.5) is 0 Å². The molecule has 0 atom stereocenters. The van der Waals surface area contributed by atoms with E-state index in [0.29, 0.717) is 26.4 Å². The zero-order chi connectivity index (χ0) is 11.7. The normalized spacial score (nSPS) is 11.7. The van der Waals surface area contributed by atoms with Gasteiger partial charge >= 0.3 is 5.97 Å². The van der Waals surface area contributed by atoms with Gasteiger partial charge in [-0.05, 0) is 26.8 Å². The summed E-state index contributed by atoms with van der Waals surface area (Å²) < 4.78 is 10.1. The molecule has 90 valence electrons. The van der Waals surface area contributed by atoms with Crippen LogP contribution in [-0.4, -0.2) is 50.1 Å². The maximum Gasteiger partial charge on any atom is 0.323 e. The van der Waals surface area contributed by atoms with Crippen LogP contribution in [0.3, 0.4) is 0 Å². The van der Waals surface area contributed by atoms with Gasteiger partial charge in [-0.2, -0.15) is 0 Å². The third kappa shape index (κ3) is 7.30. The summed E-state index contributed by atoms with van der Waals surface area (Å²) in [5.74, 6) is -0.845. The first-order chi connectivity index (χ1) is 7.00. The first-order valence-electron chi connectivity index (χ1n) is 5.06. The number of carboxylic acid groups (broad SMARTS) is 1. The third-order valence-electron chi connectivity index (χ3n) is 2.00. The van der Waals surface area contributed by atoms with Crippen molar-refractivity contribution in [2.24, 2.45) is 0 Å². The molecule has 0 rings (SSSR count). The fourth-order valence-corrected chi connectivity index (χ4v) is 0.895. The molecule has 0 amide bonds. The highest BCUT2D eigenvalue weighted by Crippen LogP contribution is 2.01. The lowest BCUT2D eigenvalue weighted by Gasteiger charge is -2.20. The van der Waals surface area contributed by atoms with Crippen molar-refractivity contribution in [2.75, 3.05) is 33.5 Å². The molecule has 15 heavy (non-hydrogen) atoms. The number of carboxylic acids is 1. The second kappa shape index (κ2) is 7.62. The quantitative estimate of drug-likeness (QED) is 0.552. The van der Waals surface area contributed by atoms with Gasteiger partial charge in [0.15, 0.2) is 0 Å². The van der Waals surface area contributed by atoms with E-state index >= 15 is 0 Å². The van der Waals surface area contributed by atoms with Crippen LogP contribution >= 0.6 is 0 Å². The summed E-state index contributed by atoms with van der Waals surface area (Å²) in [6.45, 7) is 5.70. The summed E-state index contributed by atoms with van der Waals surface area (Å²) in [4.78, 5) is 10.7. The van der Waals surface area contributed by atoms with Gasteiger partial charge in [0.25, 0.3) is 0 Å². The number of hydrogen-bond acceptors (Lipinski definition) is 4. The van der Waals surface area contributed by atoms with E-state index in [4.69, 9.17) is 14.6 Å². The Hall–Kier alpha value is -0.650.